The van der Waals surface area contributed by atoms with Crippen LogP contribution in [0.2, 0.25) is 5.02 Å². The first kappa shape index (κ1) is 15.6. The molecule has 0 radical (unpaired) electrons. The summed E-state index contributed by atoms with van der Waals surface area (Å²) in [6.07, 6.45) is -0.490. The van der Waals surface area contributed by atoms with Crippen LogP contribution in [0.4, 0.5) is 10.5 Å². The molecule has 0 bridgehead atoms. The van der Waals surface area contributed by atoms with Gasteiger partial charge in [0.15, 0.2) is 0 Å². The van der Waals surface area contributed by atoms with Gasteiger partial charge in [-0.1, -0.05) is 0 Å². The molecule has 0 atom stereocenters. The third-order valence-corrected chi connectivity index (χ3v) is 8.82. The van der Waals surface area contributed by atoms with Crippen LogP contribution in [0, 0.1) is 0 Å². The van der Waals surface area contributed by atoms with E-state index in [4.69, 9.17) is 24.6 Å². The van der Waals surface area contributed by atoms with Crippen LogP contribution in [0.15, 0.2) is 48.5 Å². The van der Waals surface area contributed by atoms with E-state index in [0.29, 0.717) is 10.7 Å². The molecule has 0 fully saturated rings. The molecule has 2 aromatic carbocycles. The zero-order valence-corrected chi connectivity index (χ0v) is 17.6. The quantitative estimate of drug-likeness (QED) is 0.651. The van der Waals surface area contributed by atoms with Gasteiger partial charge in [0.05, 0.1) is 0 Å². The molecule has 1 N–H and O–H groups in total. The Kier molecular flexibility index (Phi) is 6.14. The van der Waals surface area contributed by atoms with Crippen LogP contribution in [-0.4, -0.2) is 6.09 Å². The average molecular weight is 497 g/mol. The monoisotopic (exact) mass is 497 g/mol. The van der Waals surface area contributed by atoms with Gasteiger partial charge in [-0.05, 0) is 0 Å². The zero-order valence-electron chi connectivity index (χ0n) is 10.6. The number of hydrogen-bond acceptors (Lipinski definition) is 2. The first-order valence-electron chi connectivity index (χ1n) is 6.01. The van der Waals surface area contributed by atoms with Crippen molar-refractivity contribution in [2.45, 2.75) is 6.61 Å². The van der Waals surface area contributed by atoms with E-state index in [1.54, 1.807) is 12.1 Å². The summed E-state index contributed by atoms with van der Waals surface area (Å²) in [5.74, 6) is 0. The maximum absolute atomic E-state index is 11.8. The Labute approximate surface area is 138 Å². The predicted octanol–water partition coefficient (Wildman–Crippen LogP) is 3.95. The molecule has 0 aliphatic carbocycles. The Hall–Kier alpha value is -0.775. The van der Waals surface area contributed by atoms with Crippen LogP contribution < -0.4 is 8.39 Å². The van der Waals surface area contributed by atoms with E-state index < -0.39 is 29.4 Å². The SMILES string of the molecule is O=C(Nc1ccc(Cl)c[c]1[Hg][Cl])OCc1ccccc1. The van der Waals surface area contributed by atoms with Gasteiger partial charge >= 0.3 is 139 Å². The minimum absolute atomic E-state index is 0.237. The molecule has 3 nitrogen and oxygen atoms in total. The van der Waals surface area contributed by atoms with Crippen LogP contribution in [0.1, 0.15) is 5.56 Å². The number of amides is 1. The number of carbonyl (C=O) groups excluding carboxylic acids is 1. The van der Waals surface area contributed by atoms with Crippen molar-refractivity contribution in [3.63, 3.8) is 0 Å². The Morgan fingerprint density at radius 2 is 1.95 bits per heavy atom. The molecule has 0 aliphatic rings. The molecule has 2 rings (SSSR count). The van der Waals surface area contributed by atoms with Gasteiger partial charge in [-0.3, -0.25) is 0 Å². The van der Waals surface area contributed by atoms with Gasteiger partial charge in [0.2, 0.25) is 0 Å². The van der Waals surface area contributed by atoms with Crippen molar-refractivity contribution in [2.24, 2.45) is 0 Å². The fourth-order valence-electron chi connectivity index (χ4n) is 1.66. The summed E-state index contributed by atoms with van der Waals surface area (Å²) >= 11 is 4.23. The van der Waals surface area contributed by atoms with E-state index in [1.165, 1.54) is 0 Å². The van der Waals surface area contributed by atoms with Gasteiger partial charge in [-0.25, -0.2) is 0 Å². The second kappa shape index (κ2) is 7.86. The van der Waals surface area contributed by atoms with E-state index >= 15 is 0 Å². The summed E-state index contributed by atoms with van der Waals surface area (Å²) in [6.45, 7) is 0.237. The predicted molar refractivity (Wildman–Crippen MR) is 77.2 cm³/mol. The van der Waals surface area contributed by atoms with Crippen LogP contribution >= 0.6 is 19.9 Å². The number of ether oxygens (including phenoxy) is 1. The summed E-state index contributed by atoms with van der Waals surface area (Å²) in [6, 6.07) is 14.8. The first-order valence-corrected chi connectivity index (χ1v) is 15.9. The van der Waals surface area contributed by atoms with Crippen LogP contribution in [0.25, 0.3) is 0 Å². The molecule has 20 heavy (non-hydrogen) atoms. The van der Waals surface area contributed by atoms with Crippen LogP contribution in [0.5, 0.6) is 0 Å². The van der Waals surface area contributed by atoms with Crippen LogP contribution in [-0.2, 0) is 34.7 Å². The fourth-order valence-corrected chi connectivity index (χ4v) is 6.82. The van der Waals surface area contributed by atoms with Crippen molar-refractivity contribution < 1.29 is 32.9 Å². The molecule has 0 saturated carbocycles. The molecule has 0 heterocycles. The number of anilines is 1. The van der Waals surface area contributed by atoms with E-state index in [0.717, 1.165) is 8.64 Å². The van der Waals surface area contributed by atoms with Gasteiger partial charge in [0.1, 0.15) is 0 Å². The van der Waals surface area contributed by atoms with E-state index in [9.17, 15) is 4.79 Å². The van der Waals surface area contributed by atoms with Gasteiger partial charge < -0.3 is 0 Å². The molecule has 1 amide bonds. The summed E-state index contributed by atoms with van der Waals surface area (Å²) in [4.78, 5) is 11.8. The Morgan fingerprint density at radius 3 is 2.65 bits per heavy atom. The third-order valence-electron chi connectivity index (χ3n) is 2.66. The molecule has 0 unspecified atom stereocenters. The summed E-state index contributed by atoms with van der Waals surface area (Å²) in [5.41, 5.74) is 1.64. The van der Waals surface area contributed by atoms with Gasteiger partial charge in [-0.15, -0.1) is 0 Å². The van der Waals surface area contributed by atoms with Gasteiger partial charge in [0, 0.05) is 0 Å². The van der Waals surface area contributed by atoms with Crippen LogP contribution in [0.3, 0.4) is 0 Å². The van der Waals surface area contributed by atoms with Crippen molar-refractivity contribution in [3.05, 3.63) is 59.1 Å². The van der Waals surface area contributed by atoms with E-state index in [-0.39, 0.29) is 6.61 Å². The second-order valence-corrected chi connectivity index (χ2v) is 10.9. The standard InChI is InChI=1S/C14H11ClNO2.ClH.Hg/c15-12-6-8-13(9-7-12)16-14(17)18-10-11-4-2-1-3-5-11;;/h1-8H,10H2,(H,16,17);1H;/q;;+1/p-1. The molecule has 0 spiro atoms. The van der Waals surface area contributed by atoms with Gasteiger partial charge in [-0.2, -0.15) is 0 Å². The number of nitrogens with one attached hydrogen (secondary N) is 1. The topological polar surface area (TPSA) is 38.3 Å². The average Bonchev–Trinajstić information content (AvgIpc) is 2.48. The molecular weight excluding hydrogens is 486 g/mol. The molecular formula is C14H11Cl2HgNO2. The van der Waals surface area contributed by atoms with Crippen molar-refractivity contribution in [1.29, 1.82) is 0 Å². The number of halogens is 2. The Bertz CT molecular complexity index is 593. The second-order valence-electron chi connectivity index (χ2n) is 4.12. The summed E-state index contributed by atoms with van der Waals surface area (Å²) < 4.78 is 6.13. The third kappa shape index (κ3) is 4.65. The first-order chi connectivity index (χ1) is 9.69. The zero-order chi connectivity index (χ0) is 14.4. The fraction of sp³-hybridized carbons (Fsp3) is 0.0714. The van der Waals surface area contributed by atoms with E-state index in [2.05, 4.69) is 5.32 Å². The van der Waals surface area contributed by atoms with Crippen molar-refractivity contribution in [2.75, 3.05) is 5.32 Å². The number of carbonyl (C=O) groups is 1. The Balaban J connectivity index is 1.95. The molecule has 6 heteroatoms. The summed E-state index contributed by atoms with van der Waals surface area (Å²) in [5, 5.41) is 3.34. The number of benzene rings is 2. The van der Waals surface area contributed by atoms with Crippen molar-refractivity contribution >= 4 is 34.7 Å². The van der Waals surface area contributed by atoms with Crippen molar-refractivity contribution in [3.8, 4) is 0 Å². The molecule has 0 saturated heterocycles. The molecule has 2 aromatic rings. The molecule has 100 valence electrons. The minimum atomic E-state index is -1.67. The Morgan fingerprint density at radius 1 is 1.20 bits per heavy atom. The normalized spacial score (nSPS) is 9.70. The van der Waals surface area contributed by atoms with Gasteiger partial charge in [0.25, 0.3) is 0 Å². The number of rotatable bonds is 4. The number of hydrogen-bond donors (Lipinski definition) is 1. The van der Waals surface area contributed by atoms with Crippen molar-refractivity contribution in [1.82, 2.24) is 0 Å². The maximum atomic E-state index is 11.8. The summed E-state index contributed by atoms with van der Waals surface area (Å²) in [7, 11) is 6.03. The molecule has 0 aromatic heterocycles. The van der Waals surface area contributed by atoms with E-state index in [1.807, 2.05) is 36.4 Å². The molecule has 0 aliphatic heterocycles.